The molecule has 0 spiro atoms. The normalized spacial score (nSPS) is 18.7. The Kier molecular flexibility index (Phi) is 9.41. The summed E-state index contributed by atoms with van der Waals surface area (Å²) in [6, 6.07) is 3.94. The van der Waals surface area contributed by atoms with Gasteiger partial charge in [-0.3, -0.25) is 4.99 Å². The van der Waals surface area contributed by atoms with E-state index in [4.69, 9.17) is 18.9 Å². The van der Waals surface area contributed by atoms with Gasteiger partial charge in [0.1, 0.15) is 23.1 Å². The van der Waals surface area contributed by atoms with Crippen LogP contribution in [0.5, 0.6) is 11.5 Å². The maximum absolute atomic E-state index is 12.9. The number of carboxylic acid groups (broad SMARTS) is 1. The van der Waals surface area contributed by atoms with E-state index in [1.54, 1.807) is 7.11 Å². The van der Waals surface area contributed by atoms with E-state index in [0.29, 0.717) is 26.4 Å². The highest BCUT2D eigenvalue weighted by Gasteiger charge is 2.41. The average Bonchev–Trinajstić information content (AvgIpc) is 3.09. The van der Waals surface area contributed by atoms with Gasteiger partial charge in [0.2, 0.25) is 0 Å². The summed E-state index contributed by atoms with van der Waals surface area (Å²) in [5, 5.41) is 9.46. The molecule has 8 nitrogen and oxygen atoms in total. The fourth-order valence-electron chi connectivity index (χ4n) is 2.46. The summed E-state index contributed by atoms with van der Waals surface area (Å²) in [6.45, 7) is 3.22. The van der Waals surface area contributed by atoms with Gasteiger partial charge in [-0.2, -0.15) is 0 Å². The molecule has 1 aromatic carbocycles. The van der Waals surface area contributed by atoms with Gasteiger partial charge in [-0.15, -0.1) is 24.9 Å². The van der Waals surface area contributed by atoms with E-state index in [9.17, 15) is 23.1 Å². The van der Waals surface area contributed by atoms with Crippen LogP contribution in [0.15, 0.2) is 23.2 Å². The summed E-state index contributed by atoms with van der Waals surface area (Å²) in [6.07, 6.45) is -4.93. The van der Waals surface area contributed by atoms with Crippen LogP contribution >= 0.6 is 11.8 Å². The second-order valence-corrected chi connectivity index (χ2v) is 7.49. The Bertz CT molecular complexity index is 775. The molecule has 174 valence electrons. The van der Waals surface area contributed by atoms with Gasteiger partial charge in [-0.05, 0) is 19.1 Å². The molecular formula is C19H24F3NO7S. The molecule has 0 unspecified atom stereocenters. The van der Waals surface area contributed by atoms with E-state index in [2.05, 4.69) is 9.73 Å². The van der Waals surface area contributed by atoms with E-state index in [1.807, 2.05) is 0 Å². The number of nitrogens with zero attached hydrogens (tertiary/aromatic N) is 1. The summed E-state index contributed by atoms with van der Waals surface area (Å²) in [5.41, 5.74) is -1.49. The van der Waals surface area contributed by atoms with Crippen LogP contribution < -0.4 is 9.47 Å². The van der Waals surface area contributed by atoms with Crippen LogP contribution in [-0.4, -0.2) is 80.5 Å². The number of hydrogen-bond acceptors (Lipinski definition) is 8. The first-order valence-corrected chi connectivity index (χ1v) is 10.3. The predicted octanol–water partition coefficient (Wildman–Crippen LogP) is 2.98. The number of methoxy groups -OCH3 is 1. The molecule has 1 aliphatic heterocycles. The molecular weight excluding hydrogens is 443 g/mol. The summed E-state index contributed by atoms with van der Waals surface area (Å²) >= 11 is 1.03. The molecule has 31 heavy (non-hydrogen) atoms. The Hall–Kier alpha value is -2.02. The number of halogens is 3. The Morgan fingerprint density at radius 1 is 1.13 bits per heavy atom. The van der Waals surface area contributed by atoms with Crippen molar-refractivity contribution in [2.45, 2.75) is 18.8 Å². The fraction of sp³-hybridized carbons (Fsp3) is 0.579. The zero-order valence-electron chi connectivity index (χ0n) is 17.1. The fourth-order valence-corrected chi connectivity index (χ4v) is 3.68. The standard InChI is InChI=1S/C19H24F3NO7S/c1-18(17(24)25)12-31-16(23-18)15-13(4-3-5-14(15)30-19(20,21)22)29-11-10-28-9-8-27-7-6-26-2/h3-5H,6-12H2,1-2H3,(H,24,25)/t18-/m1/s1. The monoisotopic (exact) mass is 467 g/mol. The van der Waals surface area contributed by atoms with Crippen LogP contribution in [0.4, 0.5) is 13.2 Å². The Morgan fingerprint density at radius 3 is 2.32 bits per heavy atom. The first kappa shape index (κ1) is 25.2. The Morgan fingerprint density at radius 2 is 1.74 bits per heavy atom. The lowest BCUT2D eigenvalue weighted by Crippen LogP contribution is -2.33. The summed E-state index contributed by atoms with van der Waals surface area (Å²) in [7, 11) is 1.57. The van der Waals surface area contributed by atoms with Gasteiger partial charge in [0, 0.05) is 12.9 Å². The minimum atomic E-state index is -4.93. The molecule has 1 aromatic rings. The van der Waals surface area contributed by atoms with E-state index in [-0.39, 0.29) is 35.3 Å². The number of alkyl halides is 3. The number of ether oxygens (including phenoxy) is 5. The molecule has 1 aliphatic rings. The second-order valence-electron chi connectivity index (χ2n) is 6.53. The zero-order valence-corrected chi connectivity index (χ0v) is 17.9. The van der Waals surface area contributed by atoms with E-state index in [0.717, 1.165) is 17.8 Å². The molecule has 1 atom stereocenters. The number of benzene rings is 1. The van der Waals surface area contributed by atoms with Gasteiger partial charge in [-0.1, -0.05) is 6.07 Å². The third-order valence-electron chi connectivity index (χ3n) is 4.02. The highest BCUT2D eigenvalue weighted by atomic mass is 32.2. The molecule has 0 saturated heterocycles. The van der Waals surface area contributed by atoms with Crippen molar-refractivity contribution in [1.82, 2.24) is 0 Å². The summed E-state index contributed by atoms with van der Waals surface area (Å²) in [5.74, 6) is -1.53. The highest BCUT2D eigenvalue weighted by molar-refractivity contribution is 8.14. The van der Waals surface area contributed by atoms with Crippen LogP contribution in [0.1, 0.15) is 12.5 Å². The Balaban J connectivity index is 2.08. The number of aliphatic imine (C=N–C) groups is 1. The van der Waals surface area contributed by atoms with Crippen molar-refractivity contribution in [2.24, 2.45) is 4.99 Å². The molecule has 0 bridgehead atoms. The van der Waals surface area contributed by atoms with Gasteiger partial charge >= 0.3 is 12.3 Å². The lowest BCUT2D eigenvalue weighted by Gasteiger charge is -2.17. The van der Waals surface area contributed by atoms with E-state index >= 15 is 0 Å². The van der Waals surface area contributed by atoms with Gasteiger partial charge in [0.05, 0.1) is 38.6 Å². The SMILES string of the molecule is COCCOCCOCCOc1cccc(OC(F)(F)F)c1C1=N[C@@](C)(C(=O)O)CS1. The van der Waals surface area contributed by atoms with Crippen LogP contribution in [0, 0.1) is 0 Å². The number of hydrogen-bond donors (Lipinski definition) is 1. The summed E-state index contributed by atoms with van der Waals surface area (Å²) in [4.78, 5) is 15.6. The first-order chi connectivity index (χ1) is 14.7. The van der Waals surface area contributed by atoms with Gasteiger partial charge < -0.3 is 28.8 Å². The van der Waals surface area contributed by atoms with Crippen LogP contribution in [0.25, 0.3) is 0 Å². The number of thioether (sulfide) groups is 1. The largest absolute Gasteiger partial charge is 0.573 e. The lowest BCUT2D eigenvalue weighted by molar-refractivity contribution is -0.274. The quantitative estimate of drug-likeness (QED) is 0.443. The smallest absolute Gasteiger partial charge is 0.490 e. The number of carboxylic acids is 1. The van der Waals surface area contributed by atoms with Crippen molar-refractivity contribution in [3.05, 3.63) is 23.8 Å². The molecule has 0 aromatic heterocycles. The minimum absolute atomic E-state index is 0.0438. The van der Waals surface area contributed by atoms with Crippen molar-refractivity contribution in [2.75, 3.05) is 52.5 Å². The van der Waals surface area contributed by atoms with Crippen molar-refractivity contribution in [1.29, 1.82) is 0 Å². The van der Waals surface area contributed by atoms with Gasteiger partial charge in [-0.25, -0.2) is 4.79 Å². The third kappa shape index (κ3) is 7.87. The van der Waals surface area contributed by atoms with E-state index in [1.165, 1.54) is 19.1 Å². The molecule has 2 rings (SSSR count). The second kappa shape index (κ2) is 11.6. The molecule has 1 N–H and O–H groups in total. The maximum atomic E-state index is 12.9. The van der Waals surface area contributed by atoms with Crippen LogP contribution in [0.3, 0.4) is 0 Å². The Labute approximate surface area is 181 Å². The minimum Gasteiger partial charge on any atom is -0.490 e. The topological polar surface area (TPSA) is 95.8 Å². The third-order valence-corrected chi connectivity index (χ3v) is 5.29. The molecule has 0 aliphatic carbocycles. The van der Waals surface area contributed by atoms with Crippen molar-refractivity contribution < 1.29 is 46.8 Å². The van der Waals surface area contributed by atoms with Crippen LogP contribution in [0.2, 0.25) is 0 Å². The molecule has 1 heterocycles. The van der Waals surface area contributed by atoms with Crippen molar-refractivity contribution in [3.8, 4) is 11.5 Å². The van der Waals surface area contributed by atoms with Gasteiger partial charge in [0.25, 0.3) is 0 Å². The summed E-state index contributed by atoms with van der Waals surface area (Å²) < 4.78 is 63.8. The van der Waals surface area contributed by atoms with Crippen LogP contribution in [-0.2, 0) is 19.0 Å². The van der Waals surface area contributed by atoms with Crippen molar-refractivity contribution in [3.63, 3.8) is 0 Å². The van der Waals surface area contributed by atoms with Crippen molar-refractivity contribution >= 4 is 22.8 Å². The number of rotatable bonds is 13. The average molecular weight is 467 g/mol. The molecule has 12 heteroatoms. The molecule has 0 fully saturated rings. The molecule has 0 saturated carbocycles. The first-order valence-electron chi connectivity index (χ1n) is 9.28. The van der Waals surface area contributed by atoms with Gasteiger partial charge in [0.15, 0.2) is 5.54 Å². The maximum Gasteiger partial charge on any atom is 0.573 e. The zero-order chi connectivity index (χ0) is 22.9. The lowest BCUT2D eigenvalue weighted by atomic mass is 10.1. The van der Waals surface area contributed by atoms with E-state index < -0.39 is 23.6 Å². The molecule has 0 amide bonds. The predicted molar refractivity (Wildman–Crippen MR) is 107 cm³/mol. The molecule has 0 radical (unpaired) electrons. The number of aliphatic carboxylic acids is 1. The number of carbonyl (C=O) groups is 1. The highest BCUT2D eigenvalue weighted by Crippen LogP contribution is 2.40.